The van der Waals surface area contributed by atoms with Gasteiger partial charge in [0.1, 0.15) is 11.5 Å². The van der Waals surface area contributed by atoms with Gasteiger partial charge in [0, 0.05) is 12.0 Å². The molecule has 3 rings (SSSR count). The fraction of sp³-hybridized carbons (Fsp3) is 0.286. The molecule has 0 saturated heterocycles. The second kappa shape index (κ2) is 10.1. The zero-order valence-corrected chi connectivity index (χ0v) is 18.0. The first-order valence-corrected chi connectivity index (χ1v) is 11.3. The summed E-state index contributed by atoms with van der Waals surface area (Å²) in [5.41, 5.74) is 0.682. The van der Waals surface area contributed by atoms with Gasteiger partial charge in [0.15, 0.2) is 9.84 Å². The number of carbonyl (C=O) groups is 1. The molecule has 0 aliphatic heterocycles. The van der Waals surface area contributed by atoms with Gasteiger partial charge in [0.2, 0.25) is 11.8 Å². The van der Waals surface area contributed by atoms with Crippen LogP contribution in [-0.2, 0) is 14.6 Å². The maximum Gasteiger partial charge on any atom is 0.322 e. The standard InChI is InChI=1S/C21H23N3O6S/c1-3-29-17-8-6-15(7-9-17)20-23-24-21(30-20)22-19(25)5-4-14-31(26,27)18-12-10-16(28-2)11-13-18/h6-13H,3-5,14H2,1-2H3,(H,22,24,25). The van der Waals surface area contributed by atoms with Crippen molar-refractivity contribution in [3.8, 4) is 23.0 Å². The molecule has 2 aromatic carbocycles. The summed E-state index contributed by atoms with van der Waals surface area (Å²) in [5, 5.41) is 10.2. The van der Waals surface area contributed by atoms with E-state index in [0.717, 1.165) is 5.75 Å². The summed E-state index contributed by atoms with van der Waals surface area (Å²) in [6.45, 7) is 2.47. The Labute approximate surface area is 180 Å². The quantitative estimate of drug-likeness (QED) is 0.504. The molecule has 0 unspecified atom stereocenters. The van der Waals surface area contributed by atoms with E-state index < -0.39 is 15.7 Å². The van der Waals surface area contributed by atoms with Crippen LogP contribution in [0.5, 0.6) is 11.5 Å². The van der Waals surface area contributed by atoms with Crippen molar-refractivity contribution in [2.75, 3.05) is 24.8 Å². The predicted octanol–water partition coefficient (Wildman–Crippen LogP) is 3.34. The Morgan fingerprint density at radius 3 is 2.35 bits per heavy atom. The number of aromatic nitrogens is 2. The van der Waals surface area contributed by atoms with E-state index in [1.54, 1.807) is 36.4 Å². The molecular weight excluding hydrogens is 422 g/mol. The van der Waals surface area contributed by atoms with Crippen LogP contribution >= 0.6 is 0 Å². The van der Waals surface area contributed by atoms with Gasteiger partial charge in [0.05, 0.1) is 24.4 Å². The number of hydrogen-bond acceptors (Lipinski definition) is 8. The SMILES string of the molecule is CCOc1ccc(-c2nnc(NC(=O)CCCS(=O)(=O)c3ccc(OC)cc3)o2)cc1. The molecule has 0 aliphatic carbocycles. The number of hydrogen-bond donors (Lipinski definition) is 1. The van der Waals surface area contributed by atoms with Crippen LogP contribution in [-0.4, -0.2) is 44.0 Å². The molecule has 164 valence electrons. The van der Waals surface area contributed by atoms with Crippen LogP contribution < -0.4 is 14.8 Å². The summed E-state index contributed by atoms with van der Waals surface area (Å²) in [5.74, 6) is 0.979. The molecule has 10 heteroatoms. The third-order valence-electron chi connectivity index (χ3n) is 4.32. The Balaban J connectivity index is 1.50. The third-order valence-corrected chi connectivity index (χ3v) is 6.14. The molecule has 0 saturated carbocycles. The molecule has 3 aromatic rings. The van der Waals surface area contributed by atoms with Gasteiger partial charge in [-0.1, -0.05) is 5.10 Å². The van der Waals surface area contributed by atoms with Crippen LogP contribution in [0.3, 0.4) is 0 Å². The highest BCUT2D eigenvalue weighted by molar-refractivity contribution is 7.91. The van der Waals surface area contributed by atoms with Gasteiger partial charge in [-0.15, -0.1) is 5.10 Å². The number of amides is 1. The van der Waals surface area contributed by atoms with Gasteiger partial charge in [-0.3, -0.25) is 10.1 Å². The van der Waals surface area contributed by atoms with Gasteiger partial charge in [0.25, 0.3) is 0 Å². The van der Waals surface area contributed by atoms with E-state index >= 15 is 0 Å². The molecule has 1 aromatic heterocycles. The molecule has 0 fully saturated rings. The van der Waals surface area contributed by atoms with E-state index in [4.69, 9.17) is 13.9 Å². The first-order valence-electron chi connectivity index (χ1n) is 9.64. The van der Waals surface area contributed by atoms with Gasteiger partial charge in [-0.05, 0) is 61.9 Å². The number of benzene rings is 2. The minimum absolute atomic E-state index is 0.00382. The average Bonchev–Trinajstić information content (AvgIpc) is 3.22. The van der Waals surface area contributed by atoms with Crippen LogP contribution in [0, 0.1) is 0 Å². The second-order valence-corrected chi connectivity index (χ2v) is 8.63. The smallest absolute Gasteiger partial charge is 0.322 e. The highest BCUT2D eigenvalue weighted by atomic mass is 32.2. The predicted molar refractivity (Wildman–Crippen MR) is 114 cm³/mol. The van der Waals surface area contributed by atoms with Crippen LogP contribution in [0.4, 0.5) is 6.01 Å². The van der Waals surface area contributed by atoms with Crippen LogP contribution in [0.2, 0.25) is 0 Å². The van der Waals surface area contributed by atoms with E-state index in [0.29, 0.717) is 17.9 Å². The van der Waals surface area contributed by atoms with Crippen LogP contribution in [0.15, 0.2) is 57.8 Å². The Bertz CT molecular complexity index is 1110. The molecule has 0 bridgehead atoms. The molecule has 1 heterocycles. The number of sulfone groups is 1. The maximum atomic E-state index is 12.4. The van der Waals surface area contributed by atoms with Crippen molar-refractivity contribution in [1.29, 1.82) is 0 Å². The largest absolute Gasteiger partial charge is 0.497 e. The first-order chi connectivity index (χ1) is 14.9. The Morgan fingerprint density at radius 1 is 1.03 bits per heavy atom. The van der Waals surface area contributed by atoms with Crippen molar-refractivity contribution in [3.63, 3.8) is 0 Å². The van der Waals surface area contributed by atoms with Gasteiger partial charge in [-0.25, -0.2) is 8.42 Å². The molecule has 0 radical (unpaired) electrons. The summed E-state index contributed by atoms with van der Waals surface area (Å²) in [4.78, 5) is 12.3. The van der Waals surface area contributed by atoms with Crippen molar-refractivity contribution >= 4 is 21.8 Å². The highest BCUT2D eigenvalue weighted by Gasteiger charge is 2.16. The zero-order valence-electron chi connectivity index (χ0n) is 17.2. The Hall–Kier alpha value is -3.40. The minimum atomic E-state index is -3.49. The number of nitrogens with one attached hydrogen (secondary N) is 1. The summed E-state index contributed by atoms with van der Waals surface area (Å²) >= 11 is 0. The van der Waals surface area contributed by atoms with Crippen molar-refractivity contribution in [3.05, 3.63) is 48.5 Å². The highest BCUT2D eigenvalue weighted by Crippen LogP contribution is 2.23. The summed E-state index contributed by atoms with van der Waals surface area (Å²) in [6.07, 6.45) is 0.149. The lowest BCUT2D eigenvalue weighted by Crippen LogP contribution is -2.14. The number of nitrogens with zero attached hydrogens (tertiary/aromatic N) is 2. The number of methoxy groups -OCH3 is 1. The zero-order chi connectivity index (χ0) is 22.3. The third kappa shape index (κ3) is 6.05. The fourth-order valence-electron chi connectivity index (χ4n) is 2.76. The van der Waals surface area contributed by atoms with E-state index in [-0.39, 0.29) is 35.4 Å². The van der Waals surface area contributed by atoms with Crippen molar-refractivity contribution in [2.45, 2.75) is 24.7 Å². The van der Waals surface area contributed by atoms with Crippen LogP contribution in [0.25, 0.3) is 11.5 Å². The van der Waals surface area contributed by atoms with Crippen LogP contribution in [0.1, 0.15) is 19.8 Å². The van der Waals surface area contributed by atoms with E-state index in [1.807, 2.05) is 6.92 Å². The minimum Gasteiger partial charge on any atom is -0.497 e. The average molecular weight is 445 g/mol. The molecule has 0 aliphatic rings. The Morgan fingerprint density at radius 2 is 1.71 bits per heavy atom. The first kappa shape index (κ1) is 22.3. The lowest BCUT2D eigenvalue weighted by atomic mass is 10.2. The number of anilines is 1. The molecule has 1 amide bonds. The molecule has 1 N–H and O–H groups in total. The molecule has 9 nitrogen and oxygen atoms in total. The van der Waals surface area contributed by atoms with Crippen molar-refractivity contribution < 1.29 is 27.1 Å². The van der Waals surface area contributed by atoms with E-state index in [1.165, 1.54) is 19.2 Å². The summed E-state index contributed by atoms with van der Waals surface area (Å²) in [7, 11) is -1.98. The number of rotatable bonds is 10. The monoisotopic (exact) mass is 445 g/mol. The maximum absolute atomic E-state index is 12.4. The molecular formula is C21H23N3O6S. The summed E-state index contributed by atoms with van der Waals surface area (Å²) < 4.78 is 40.6. The summed E-state index contributed by atoms with van der Waals surface area (Å²) in [6, 6.07) is 13.2. The molecule has 0 atom stereocenters. The fourth-order valence-corrected chi connectivity index (χ4v) is 4.07. The van der Waals surface area contributed by atoms with Gasteiger partial charge in [-0.2, -0.15) is 0 Å². The lowest BCUT2D eigenvalue weighted by Gasteiger charge is -2.05. The molecule has 31 heavy (non-hydrogen) atoms. The number of carbonyl (C=O) groups excluding carboxylic acids is 1. The van der Waals surface area contributed by atoms with Gasteiger partial charge >= 0.3 is 6.01 Å². The number of ether oxygens (including phenoxy) is 2. The van der Waals surface area contributed by atoms with Crippen molar-refractivity contribution in [2.24, 2.45) is 0 Å². The normalized spacial score (nSPS) is 11.2. The van der Waals surface area contributed by atoms with E-state index in [2.05, 4.69) is 15.5 Å². The second-order valence-electron chi connectivity index (χ2n) is 6.52. The Kier molecular flexibility index (Phi) is 7.24. The lowest BCUT2D eigenvalue weighted by molar-refractivity contribution is -0.116. The molecule has 0 spiro atoms. The van der Waals surface area contributed by atoms with Gasteiger partial charge < -0.3 is 13.9 Å². The topological polar surface area (TPSA) is 121 Å². The van der Waals surface area contributed by atoms with Crippen molar-refractivity contribution in [1.82, 2.24) is 10.2 Å². The van der Waals surface area contributed by atoms with E-state index in [9.17, 15) is 13.2 Å².